The first-order valence-electron chi connectivity index (χ1n) is 7.52. The Morgan fingerprint density at radius 3 is 2.28 bits per heavy atom. The number of sulfonamides is 1. The van der Waals surface area contributed by atoms with Crippen molar-refractivity contribution in [3.8, 4) is 0 Å². The van der Waals surface area contributed by atoms with E-state index in [4.69, 9.17) is 5.73 Å². The van der Waals surface area contributed by atoms with Crippen LogP contribution in [0, 0.1) is 6.92 Å². The number of amides is 3. The Labute approximate surface area is 146 Å². The van der Waals surface area contributed by atoms with E-state index in [1.807, 2.05) is 16.1 Å². The second kappa shape index (κ2) is 7.91. The Balaban J connectivity index is 1.97. The molecule has 132 valence electrons. The van der Waals surface area contributed by atoms with E-state index in [1.165, 1.54) is 6.07 Å². The molecule has 0 bridgehead atoms. The highest BCUT2D eigenvalue weighted by molar-refractivity contribution is 7.90. The Morgan fingerprint density at radius 1 is 1.04 bits per heavy atom. The van der Waals surface area contributed by atoms with Crippen molar-refractivity contribution in [1.82, 2.24) is 10.0 Å². The van der Waals surface area contributed by atoms with E-state index in [0.29, 0.717) is 5.56 Å². The molecule has 0 saturated carbocycles. The first-order chi connectivity index (χ1) is 11.8. The van der Waals surface area contributed by atoms with Crippen LogP contribution in [0.25, 0.3) is 0 Å². The van der Waals surface area contributed by atoms with E-state index < -0.39 is 28.0 Å². The fourth-order valence-electron chi connectivity index (χ4n) is 2.23. The lowest BCUT2D eigenvalue weighted by molar-refractivity contribution is -0.121. The Hall–Kier alpha value is -2.71. The number of rotatable bonds is 5. The lowest BCUT2D eigenvalue weighted by atomic mass is 10.1. The maximum absolute atomic E-state index is 12.2. The zero-order valence-corrected chi connectivity index (χ0v) is 14.4. The van der Waals surface area contributed by atoms with Gasteiger partial charge in [0.25, 0.3) is 10.0 Å². The molecule has 0 aliphatic heterocycles. The van der Waals surface area contributed by atoms with Crippen LogP contribution >= 0.6 is 0 Å². The smallest absolute Gasteiger partial charge is 0.320 e. The minimum atomic E-state index is -4.08. The van der Waals surface area contributed by atoms with Crippen molar-refractivity contribution in [2.75, 3.05) is 0 Å². The van der Waals surface area contributed by atoms with Gasteiger partial charge >= 0.3 is 6.03 Å². The molecule has 0 aliphatic rings. The summed E-state index contributed by atoms with van der Waals surface area (Å²) in [6.07, 6.45) is 0.227. The van der Waals surface area contributed by atoms with E-state index >= 15 is 0 Å². The predicted molar refractivity (Wildman–Crippen MR) is 93.2 cm³/mol. The molecule has 0 aromatic heterocycles. The lowest BCUT2D eigenvalue weighted by Crippen LogP contribution is -2.49. The third-order valence-corrected chi connectivity index (χ3v) is 4.97. The van der Waals surface area contributed by atoms with Gasteiger partial charge in [0.2, 0.25) is 5.91 Å². The van der Waals surface area contributed by atoms with Crippen molar-refractivity contribution in [3.63, 3.8) is 0 Å². The summed E-state index contributed by atoms with van der Waals surface area (Å²) in [5.74, 6) is -0.763. The van der Waals surface area contributed by atoms with E-state index in [0.717, 1.165) is 5.56 Å². The SMILES string of the molecule is Cc1ccccc1S(=O)(=O)NC(=O)NC(=O)C(N)Cc1ccccc1. The van der Waals surface area contributed by atoms with Crippen molar-refractivity contribution in [1.29, 1.82) is 0 Å². The number of carbonyl (C=O) groups is 2. The number of benzene rings is 2. The lowest BCUT2D eigenvalue weighted by Gasteiger charge is -2.13. The number of hydrogen-bond donors (Lipinski definition) is 3. The van der Waals surface area contributed by atoms with Gasteiger partial charge in [0.05, 0.1) is 10.9 Å². The van der Waals surface area contributed by atoms with Gasteiger partial charge in [0, 0.05) is 0 Å². The van der Waals surface area contributed by atoms with Crippen LogP contribution in [0.3, 0.4) is 0 Å². The number of hydrogen-bond acceptors (Lipinski definition) is 5. The fraction of sp³-hybridized carbons (Fsp3) is 0.176. The molecule has 0 fully saturated rings. The number of urea groups is 1. The largest absolute Gasteiger partial charge is 0.335 e. The number of carbonyl (C=O) groups excluding carboxylic acids is 2. The van der Waals surface area contributed by atoms with Gasteiger partial charge in [-0.25, -0.2) is 17.9 Å². The van der Waals surface area contributed by atoms with Gasteiger partial charge in [-0.15, -0.1) is 0 Å². The molecule has 0 aliphatic carbocycles. The minimum absolute atomic E-state index is 0.0359. The third kappa shape index (κ3) is 5.13. The highest BCUT2D eigenvalue weighted by atomic mass is 32.2. The Morgan fingerprint density at radius 2 is 1.64 bits per heavy atom. The van der Waals surface area contributed by atoms with Crippen molar-refractivity contribution in [2.24, 2.45) is 5.73 Å². The molecule has 2 aromatic carbocycles. The summed E-state index contributed by atoms with van der Waals surface area (Å²) < 4.78 is 26.2. The fourth-order valence-corrected chi connectivity index (χ4v) is 3.38. The summed E-state index contributed by atoms with van der Waals surface area (Å²) in [5.41, 5.74) is 7.07. The van der Waals surface area contributed by atoms with E-state index in [-0.39, 0.29) is 11.3 Å². The van der Waals surface area contributed by atoms with Gasteiger partial charge in [-0.05, 0) is 30.5 Å². The normalized spacial score (nSPS) is 12.2. The molecule has 0 radical (unpaired) electrons. The Kier molecular flexibility index (Phi) is 5.89. The van der Waals surface area contributed by atoms with E-state index in [1.54, 1.807) is 49.4 Å². The first-order valence-corrected chi connectivity index (χ1v) is 9.00. The van der Waals surface area contributed by atoms with Crippen LogP contribution < -0.4 is 15.8 Å². The van der Waals surface area contributed by atoms with Crippen LogP contribution in [0.15, 0.2) is 59.5 Å². The average Bonchev–Trinajstić information content (AvgIpc) is 2.55. The molecule has 8 heteroatoms. The summed E-state index contributed by atoms with van der Waals surface area (Å²) in [5, 5.41) is 1.95. The Bertz CT molecular complexity index is 866. The monoisotopic (exact) mass is 361 g/mol. The first kappa shape index (κ1) is 18.6. The third-order valence-electron chi connectivity index (χ3n) is 3.48. The maximum atomic E-state index is 12.2. The molecule has 0 spiro atoms. The highest BCUT2D eigenvalue weighted by Gasteiger charge is 2.22. The second-order valence-corrected chi connectivity index (χ2v) is 7.14. The van der Waals surface area contributed by atoms with Crippen LogP contribution in [-0.4, -0.2) is 26.4 Å². The van der Waals surface area contributed by atoms with Gasteiger partial charge in [0.15, 0.2) is 0 Å². The van der Waals surface area contributed by atoms with Crippen LogP contribution in [0.4, 0.5) is 4.79 Å². The number of imide groups is 1. The van der Waals surface area contributed by atoms with E-state index in [9.17, 15) is 18.0 Å². The molecule has 1 atom stereocenters. The molecule has 2 aromatic rings. The van der Waals surface area contributed by atoms with Gasteiger partial charge in [-0.3, -0.25) is 10.1 Å². The van der Waals surface area contributed by atoms with Crippen molar-refractivity contribution in [3.05, 3.63) is 65.7 Å². The van der Waals surface area contributed by atoms with E-state index in [2.05, 4.69) is 0 Å². The molecule has 0 saturated heterocycles. The highest BCUT2D eigenvalue weighted by Crippen LogP contribution is 2.13. The molecule has 25 heavy (non-hydrogen) atoms. The number of nitrogens with one attached hydrogen (secondary N) is 2. The molecule has 3 amide bonds. The second-order valence-electron chi connectivity index (χ2n) is 5.49. The number of nitrogens with two attached hydrogens (primary N) is 1. The molecular weight excluding hydrogens is 342 g/mol. The zero-order chi connectivity index (χ0) is 18.4. The van der Waals surface area contributed by atoms with Crippen molar-refractivity contribution < 1.29 is 18.0 Å². The van der Waals surface area contributed by atoms with Crippen molar-refractivity contribution in [2.45, 2.75) is 24.3 Å². The van der Waals surface area contributed by atoms with Crippen molar-refractivity contribution >= 4 is 22.0 Å². The molecular formula is C17H19N3O4S. The molecule has 1 unspecified atom stereocenters. The number of aryl methyl sites for hydroxylation is 1. The quantitative estimate of drug-likeness (QED) is 0.736. The summed E-state index contributed by atoms with van der Waals surface area (Å²) in [4.78, 5) is 23.8. The predicted octanol–water partition coefficient (Wildman–Crippen LogP) is 1.08. The van der Waals surface area contributed by atoms with Crippen LogP contribution in [-0.2, 0) is 21.2 Å². The topological polar surface area (TPSA) is 118 Å². The van der Waals surface area contributed by atoms with Gasteiger partial charge < -0.3 is 5.73 Å². The zero-order valence-electron chi connectivity index (χ0n) is 13.6. The summed E-state index contributed by atoms with van der Waals surface area (Å²) in [7, 11) is -4.08. The van der Waals surface area contributed by atoms with Crippen LogP contribution in [0.2, 0.25) is 0 Å². The molecule has 7 nitrogen and oxygen atoms in total. The van der Waals surface area contributed by atoms with Crippen LogP contribution in [0.1, 0.15) is 11.1 Å². The molecule has 2 rings (SSSR count). The van der Waals surface area contributed by atoms with Gasteiger partial charge in [-0.2, -0.15) is 0 Å². The minimum Gasteiger partial charge on any atom is -0.320 e. The summed E-state index contributed by atoms with van der Waals surface area (Å²) in [6.45, 7) is 1.60. The standard InChI is InChI=1S/C17H19N3O4S/c1-12-7-5-6-10-15(12)25(23,24)20-17(22)19-16(21)14(18)11-13-8-3-2-4-9-13/h2-10,14H,11,18H2,1H3,(H2,19,20,21,22). The molecule has 4 N–H and O–H groups in total. The molecule has 0 heterocycles. The maximum Gasteiger partial charge on any atom is 0.335 e. The summed E-state index contributed by atoms with van der Waals surface area (Å²) in [6, 6.07) is 13.1. The average molecular weight is 361 g/mol. The van der Waals surface area contributed by atoms with Gasteiger partial charge in [0.1, 0.15) is 0 Å². The van der Waals surface area contributed by atoms with Gasteiger partial charge in [-0.1, -0.05) is 48.5 Å². The summed E-state index contributed by atoms with van der Waals surface area (Å²) >= 11 is 0. The van der Waals surface area contributed by atoms with Crippen LogP contribution in [0.5, 0.6) is 0 Å².